The zero-order chi connectivity index (χ0) is 15.1. The van der Waals surface area contributed by atoms with Crippen LogP contribution in [0.1, 0.15) is 22.8 Å². The normalized spacial score (nSPS) is 12.2. The molecule has 0 saturated heterocycles. The maximum atomic E-state index is 12.6. The molecular formula is C15H24N2O3. The van der Waals surface area contributed by atoms with E-state index in [1.807, 2.05) is 19.9 Å². The fourth-order valence-corrected chi connectivity index (χ4v) is 1.98. The first-order valence-corrected chi connectivity index (χ1v) is 6.66. The van der Waals surface area contributed by atoms with Crippen LogP contribution in [0.4, 0.5) is 5.69 Å². The Morgan fingerprint density at radius 1 is 1.35 bits per heavy atom. The Morgan fingerprint density at radius 3 is 2.60 bits per heavy atom. The zero-order valence-corrected chi connectivity index (χ0v) is 12.7. The fourth-order valence-electron chi connectivity index (χ4n) is 1.98. The number of hydrogen-bond donors (Lipinski definition) is 1. The third-order valence-electron chi connectivity index (χ3n) is 3.26. The number of nitrogens with two attached hydrogens (primary N) is 1. The molecule has 5 nitrogen and oxygen atoms in total. The molecule has 1 atom stereocenters. The number of amides is 1. The van der Waals surface area contributed by atoms with E-state index in [4.69, 9.17) is 15.2 Å². The average Bonchev–Trinajstić information content (AvgIpc) is 2.42. The highest BCUT2D eigenvalue weighted by molar-refractivity contribution is 5.95. The summed E-state index contributed by atoms with van der Waals surface area (Å²) in [5.74, 6) is -0.0571. The molecule has 1 unspecified atom stereocenters. The van der Waals surface area contributed by atoms with E-state index in [9.17, 15) is 4.79 Å². The summed E-state index contributed by atoms with van der Waals surface area (Å²) in [7, 11) is 3.24. The minimum absolute atomic E-state index is 0.0230. The van der Waals surface area contributed by atoms with Gasteiger partial charge in [-0.1, -0.05) is 6.07 Å². The van der Waals surface area contributed by atoms with Gasteiger partial charge in [0.1, 0.15) is 0 Å². The van der Waals surface area contributed by atoms with Crippen LogP contribution < -0.4 is 5.73 Å². The molecule has 1 amide bonds. The van der Waals surface area contributed by atoms with Gasteiger partial charge in [-0.2, -0.15) is 0 Å². The van der Waals surface area contributed by atoms with Gasteiger partial charge in [-0.25, -0.2) is 0 Å². The van der Waals surface area contributed by atoms with E-state index < -0.39 is 0 Å². The molecule has 1 aromatic rings. The largest absolute Gasteiger partial charge is 0.398 e. The lowest BCUT2D eigenvalue weighted by Gasteiger charge is -2.29. The summed E-state index contributed by atoms with van der Waals surface area (Å²) in [6.45, 7) is 5.36. The molecule has 0 fully saturated rings. The molecule has 2 N–H and O–H groups in total. The van der Waals surface area contributed by atoms with Crippen LogP contribution in [-0.4, -0.2) is 50.8 Å². The highest BCUT2D eigenvalue weighted by Crippen LogP contribution is 2.16. The van der Waals surface area contributed by atoms with E-state index >= 15 is 0 Å². The van der Waals surface area contributed by atoms with Crippen LogP contribution in [-0.2, 0) is 9.47 Å². The Bertz CT molecular complexity index is 449. The third-order valence-corrected chi connectivity index (χ3v) is 3.26. The molecule has 0 radical (unpaired) electrons. The summed E-state index contributed by atoms with van der Waals surface area (Å²) >= 11 is 0. The first-order chi connectivity index (χ1) is 9.51. The van der Waals surface area contributed by atoms with Crippen molar-refractivity contribution in [3.8, 4) is 0 Å². The second kappa shape index (κ2) is 7.87. The maximum absolute atomic E-state index is 12.6. The number of hydrogen-bond acceptors (Lipinski definition) is 4. The van der Waals surface area contributed by atoms with Crippen molar-refractivity contribution < 1.29 is 14.3 Å². The summed E-state index contributed by atoms with van der Waals surface area (Å²) in [5, 5.41) is 0. The lowest BCUT2D eigenvalue weighted by atomic mass is 10.1. The SMILES string of the molecule is COCCN(C(=O)c1ccc(C)c(N)c1)C(C)COC. The van der Waals surface area contributed by atoms with Gasteiger partial charge in [0.2, 0.25) is 0 Å². The molecule has 0 aliphatic rings. The van der Waals surface area contributed by atoms with Gasteiger partial charge >= 0.3 is 0 Å². The zero-order valence-electron chi connectivity index (χ0n) is 12.7. The molecule has 0 aromatic heterocycles. The molecule has 0 spiro atoms. The number of nitrogen functional groups attached to an aromatic ring is 1. The van der Waals surface area contributed by atoms with E-state index in [1.165, 1.54) is 0 Å². The monoisotopic (exact) mass is 280 g/mol. The molecule has 0 heterocycles. The van der Waals surface area contributed by atoms with Gasteiger partial charge in [-0.15, -0.1) is 0 Å². The number of methoxy groups -OCH3 is 2. The average molecular weight is 280 g/mol. The fraction of sp³-hybridized carbons (Fsp3) is 0.533. The summed E-state index contributed by atoms with van der Waals surface area (Å²) < 4.78 is 10.2. The third kappa shape index (κ3) is 4.21. The Balaban J connectivity index is 2.93. The van der Waals surface area contributed by atoms with E-state index in [0.29, 0.717) is 31.0 Å². The van der Waals surface area contributed by atoms with Crippen molar-refractivity contribution in [2.75, 3.05) is 39.7 Å². The standard InChI is InChI=1S/C15H24N2O3/c1-11-5-6-13(9-14(11)16)15(18)17(7-8-19-3)12(2)10-20-4/h5-6,9,12H,7-8,10,16H2,1-4H3. The smallest absolute Gasteiger partial charge is 0.254 e. The maximum Gasteiger partial charge on any atom is 0.254 e. The quantitative estimate of drug-likeness (QED) is 0.772. The minimum Gasteiger partial charge on any atom is -0.398 e. The molecule has 1 aromatic carbocycles. The number of carbonyl (C=O) groups is 1. The van der Waals surface area contributed by atoms with E-state index in [0.717, 1.165) is 5.56 Å². The lowest BCUT2D eigenvalue weighted by molar-refractivity contribution is 0.0479. The summed E-state index contributed by atoms with van der Waals surface area (Å²) in [4.78, 5) is 14.3. The molecule has 20 heavy (non-hydrogen) atoms. The molecule has 0 aliphatic heterocycles. The van der Waals surface area contributed by atoms with Gasteiger partial charge in [-0.05, 0) is 31.5 Å². The number of rotatable bonds is 7. The van der Waals surface area contributed by atoms with Crippen molar-refractivity contribution in [3.63, 3.8) is 0 Å². The van der Waals surface area contributed by atoms with Crippen LogP contribution in [0.3, 0.4) is 0 Å². The Kier molecular flexibility index (Phi) is 6.48. The molecule has 1 rings (SSSR count). The summed E-state index contributed by atoms with van der Waals surface area (Å²) in [6.07, 6.45) is 0. The van der Waals surface area contributed by atoms with Crippen molar-refractivity contribution in [3.05, 3.63) is 29.3 Å². The van der Waals surface area contributed by atoms with Crippen molar-refractivity contribution in [2.24, 2.45) is 0 Å². The van der Waals surface area contributed by atoms with E-state index in [1.54, 1.807) is 31.3 Å². The van der Waals surface area contributed by atoms with Crippen molar-refractivity contribution in [2.45, 2.75) is 19.9 Å². The van der Waals surface area contributed by atoms with Gasteiger partial charge in [0.05, 0.1) is 19.3 Å². The number of nitrogens with zero attached hydrogens (tertiary/aromatic N) is 1. The number of anilines is 1. The highest BCUT2D eigenvalue weighted by atomic mass is 16.5. The van der Waals surface area contributed by atoms with Crippen molar-refractivity contribution >= 4 is 11.6 Å². The number of ether oxygens (including phenoxy) is 2. The van der Waals surface area contributed by atoms with Gasteiger partial charge in [0.15, 0.2) is 0 Å². The van der Waals surface area contributed by atoms with E-state index in [2.05, 4.69) is 0 Å². The summed E-state index contributed by atoms with van der Waals surface area (Å²) in [6, 6.07) is 5.35. The van der Waals surface area contributed by atoms with Gasteiger partial charge in [0.25, 0.3) is 5.91 Å². The molecule has 0 aliphatic carbocycles. The van der Waals surface area contributed by atoms with Gasteiger partial charge < -0.3 is 20.1 Å². The first kappa shape index (κ1) is 16.5. The lowest BCUT2D eigenvalue weighted by Crippen LogP contribution is -2.43. The number of carbonyl (C=O) groups excluding carboxylic acids is 1. The molecule has 5 heteroatoms. The van der Waals surface area contributed by atoms with E-state index in [-0.39, 0.29) is 11.9 Å². The van der Waals surface area contributed by atoms with Crippen LogP contribution in [0.5, 0.6) is 0 Å². The van der Waals surface area contributed by atoms with Crippen LogP contribution in [0.2, 0.25) is 0 Å². The molecular weight excluding hydrogens is 256 g/mol. The Morgan fingerprint density at radius 2 is 2.05 bits per heavy atom. The van der Waals surface area contributed by atoms with Crippen molar-refractivity contribution in [1.82, 2.24) is 4.90 Å². The topological polar surface area (TPSA) is 64.8 Å². The van der Waals surface area contributed by atoms with Crippen LogP contribution in [0.15, 0.2) is 18.2 Å². The predicted molar refractivity (Wildman–Crippen MR) is 79.8 cm³/mol. The van der Waals surface area contributed by atoms with Crippen LogP contribution >= 0.6 is 0 Å². The minimum atomic E-state index is -0.0571. The highest BCUT2D eigenvalue weighted by Gasteiger charge is 2.21. The van der Waals surface area contributed by atoms with Crippen LogP contribution in [0.25, 0.3) is 0 Å². The molecule has 112 valence electrons. The van der Waals surface area contributed by atoms with Crippen molar-refractivity contribution in [1.29, 1.82) is 0 Å². The van der Waals surface area contributed by atoms with Crippen LogP contribution in [0, 0.1) is 6.92 Å². The Labute approximate surface area is 120 Å². The first-order valence-electron chi connectivity index (χ1n) is 6.66. The molecule has 0 saturated carbocycles. The number of aryl methyl sites for hydroxylation is 1. The Hall–Kier alpha value is -1.59. The van der Waals surface area contributed by atoms with Gasteiger partial charge in [-0.3, -0.25) is 4.79 Å². The van der Waals surface area contributed by atoms with Gasteiger partial charge in [0, 0.05) is 32.0 Å². The predicted octanol–water partition coefficient (Wildman–Crippen LogP) is 1.70. The molecule has 0 bridgehead atoms. The summed E-state index contributed by atoms with van der Waals surface area (Å²) in [5.41, 5.74) is 8.06. The second-order valence-electron chi connectivity index (χ2n) is 4.87. The second-order valence-corrected chi connectivity index (χ2v) is 4.87. The number of benzene rings is 1.